The molecule has 76 heavy (non-hydrogen) atoms. The summed E-state index contributed by atoms with van der Waals surface area (Å²) in [6, 6.07) is 58.1. The lowest BCUT2D eigenvalue weighted by Crippen LogP contribution is -2.39. The lowest BCUT2D eigenvalue weighted by Gasteiger charge is -2.47. The second-order valence-electron chi connectivity index (χ2n) is 24.8. The molecule has 1 aliphatic heterocycles. The molecule has 6 heteroatoms. The number of aromatic nitrogens is 4. The van der Waals surface area contributed by atoms with Crippen molar-refractivity contribution in [1.29, 1.82) is 0 Å². The summed E-state index contributed by atoms with van der Waals surface area (Å²) in [6.45, 7) is 34.0. The van der Waals surface area contributed by atoms with Gasteiger partial charge in [0.2, 0.25) is 0 Å². The summed E-state index contributed by atoms with van der Waals surface area (Å²) >= 11 is 0. The molecule has 0 unspecified atom stereocenters. The van der Waals surface area contributed by atoms with Crippen LogP contribution in [0.5, 0.6) is 11.5 Å². The molecule has 386 valence electrons. The minimum absolute atomic E-state index is 0.0146. The van der Waals surface area contributed by atoms with Gasteiger partial charge in [-0.3, -0.25) is 4.98 Å². The summed E-state index contributed by atoms with van der Waals surface area (Å²) in [5, 5.41) is 9.72. The highest BCUT2D eigenvalue weighted by atomic mass is 16.5. The number of fused-ring (bicyclic) bond motifs is 2. The number of aryl methyl sites for hydroxylation is 2. The molecule has 2 aromatic heterocycles. The molecular weight excluding hydrogens is 927 g/mol. The van der Waals surface area contributed by atoms with E-state index in [1.54, 1.807) is 0 Å². The minimum Gasteiger partial charge on any atom is -0.457 e. The quantitative estimate of drug-likeness (QED) is 0.137. The van der Waals surface area contributed by atoms with E-state index in [1.807, 2.05) is 16.9 Å². The first-order valence-corrected chi connectivity index (χ1v) is 27.2. The van der Waals surface area contributed by atoms with Crippen molar-refractivity contribution in [2.24, 2.45) is 0 Å². The molecule has 0 amide bonds. The molecule has 6 nitrogen and oxygen atoms in total. The van der Waals surface area contributed by atoms with Crippen molar-refractivity contribution in [3.63, 3.8) is 0 Å². The van der Waals surface area contributed by atoms with Gasteiger partial charge in [-0.2, -0.15) is 0 Å². The molecule has 0 N–H and O–H groups in total. The van der Waals surface area contributed by atoms with Crippen LogP contribution in [0, 0.1) is 13.8 Å². The molecule has 0 bridgehead atoms. The van der Waals surface area contributed by atoms with Gasteiger partial charge >= 0.3 is 0 Å². The van der Waals surface area contributed by atoms with Crippen LogP contribution in [-0.4, -0.2) is 20.0 Å². The first-order chi connectivity index (χ1) is 36.0. The number of anilines is 3. The normalized spacial score (nSPS) is 13.5. The molecular formula is C70H75N5O. The van der Waals surface area contributed by atoms with Crippen LogP contribution >= 0.6 is 0 Å². The molecule has 10 rings (SSSR count). The molecule has 0 saturated heterocycles. The Balaban J connectivity index is 1.20. The van der Waals surface area contributed by atoms with E-state index < -0.39 is 5.41 Å². The van der Waals surface area contributed by atoms with Crippen LogP contribution in [0.3, 0.4) is 0 Å². The summed E-state index contributed by atoms with van der Waals surface area (Å²) in [5.41, 5.74) is 20.3. The standard InChI is InChI=1S/C70H75N5O/c1-44(2)57-25-20-26-58(45(3)4)66(57)61-43-74(73-72-61)54-37-48(65-46(5)21-18-22-47(65)6)38-56(42-54)76-55-24-19-23-52(39-55)70(64-27-16-17-36-71-64)59-40-50(68(10,11)12)30-34-62(59)75(53-32-28-49(29-33-53)67(7,8)9)63-35-31-51(41-60(63)70)69(13,14)15/h16-45H,1-15H3. The summed E-state index contributed by atoms with van der Waals surface area (Å²) in [7, 11) is 0. The predicted molar refractivity (Wildman–Crippen MR) is 317 cm³/mol. The monoisotopic (exact) mass is 1000 g/mol. The number of benzene rings is 7. The first-order valence-electron chi connectivity index (χ1n) is 27.2. The van der Waals surface area contributed by atoms with Crippen LogP contribution in [0.1, 0.15) is 163 Å². The highest BCUT2D eigenvalue weighted by molar-refractivity contribution is 5.90. The fraction of sp³-hybridized carbons (Fsp3) is 0.300. The first kappa shape index (κ1) is 51.9. The number of pyridine rings is 1. The average Bonchev–Trinajstić information content (AvgIpc) is 3.99. The lowest BCUT2D eigenvalue weighted by atomic mass is 9.62. The third kappa shape index (κ3) is 9.46. The van der Waals surface area contributed by atoms with Crippen molar-refractivity contribution in [2.45, 2.75) is 137 Å². The number of hydrogen-bond donors (Lipinski definition) is 0. The summed E-state index contributed by atoms with van der Waals surface area (Å²) in [4.78, 5) is 7.84. The molecule has 3 heterocycles. The topological polar surface area (TPSA) is 56.1 Å². The third-order valence-corrected chi connectivity index (χ3v) is 15.6. The number of rotatable bonds is 10. The Morgan fingerprint density at radius 1 is 0.500 bits per heavy atom. The van der Waals surface area contributed by atoms with Crippen LogP contribution in [-0.2, 0) is 21.7 Å². The van der Waals surface area contributed by atoms with Crippen LogP contribution in [0.2, 0.25) is 0 Å². The van der Waals surface area contributed by atoms with E-state index in [2.05, 4.69) is 267 Å². The molecule has 0 spiro atoms. The second kappa shape index (κ2) is 19.5. The van der Waals surface area contributed by atoms with E-state index in [-0.39, 0.29) is 16.2 Å². The average molecular weight is 1000 g/mol. The molecule has 0 aliphatic carbocycles. The third-order valence-electron chi connectivity index (χ3n) is 15.6. The highest BCUT2D eigenvalue weighted by Gasteiger charge is 2.49. The minimum atomic E-state index is -0.876. The van der Waals surface area contributed by atoms with E-state index in [9.17, 15) is 0 Å². The zero-order valence-corrected chi connectivity index (χ0v) is 47.5. The molecule has 9 aromatic rings. The van der Waals surface area contributed by atoms with Crippen LogP contribution < -0.4 is 9.64 Å². The van der Waals surface area contributed by atoms with Crippen molar-refractivity contribution in [3.05, 3.63) is 231 Å². The van der Waals surface area contributed by atoms with E-state index in [1.165, 1.54) is 44.5 Å². The molecule has 0 radical (unpaired) electrons. The van der Waals surface area contributed by atoms with Crippen LogP contribution in [0.15, 0.2) is 170 Å². The van der Waals surface area contributed by atoms with Crippen molar-refractivity contribution in [1.82, 2.24) is 20.0 Å². The van der Waals surface area contributed by atoms with Gasteiger partial charge in [-0.15, -0.1) is 5.10 Å². The Kier molecular flexibility index (Phi) is 13.3. The zero-order chi connectivity index (χ0) is 54.1. The van der Waals surface area contributed by atoms with Gasteiger partial charge < -0.3 is 9.64 Å². The van der Waals surface area contributed by atoms with E-state index in [0.29, 0.717) is 23.3 Å². The molecule has 0 saturated carbocycles. The van der Waals surface area contributed by atoms with Gasteiger partial charge in [0, 0.05) is 23.5 Å². The highest BCUT2D eigenvalue weighted by Crippen LogP contribution is 2.59. The maximum Gasteiger partial charge on any atom is 0.130 e. The molecule has 0 fully saturated rings. The van der Waals surface area contributed by atoms with Gasteiger partial charge in [-0.1, -0.05) is 186 Å². The Morgan fingerprint density at radius 3 is 1.62 bits per heavy atom. The van der Waals surface area contributed by atoms with Crippen LogP contribution in [0.4, 0.5) is 17.1 Å². The molecule has 0 atom stereocenters. The van der Waals surface area contributed by atoms with Gasteiger partial charge in [0.05, 0.1) is 34.4 Å². The lowest BCUT2D eigenvalue weighted by molar-refractivity contribution is 0.480. The number of ether oxygens (including phenoxy) is 1. The summed E-state index contributed by atoms with van der Waals surface area (Å²) < 4.78 is 9.16. The summed E-state index contributed by atoms with van der Waals surface area (Å²) in [5.74, 6) is 2.05. The fourth-order valence-corrected chi connectivity index (χ4v) is 11.4. The summed E-state index contributed by atoms with van der Waals surface area (Å²) in [6.07, 6.45) is 4.02. The van der Waals surface area contributed by atoms with E-state index >= 15 is 0 Å². The van der Waals surface area contributed by atoms with E-state index in [4.69, 9.17) is 20.0 Å². The van der Waals surface area contributed by atoms with Crippen molar-refractivity contribution in [2.75, 3.05) is 4.90 Å². The van der Waals surface area contributed by atoms with Crippen molar-refractivity contribution in [3.8, 4) is 39.6 Å². The van der Waals surface area contributed by atoms with Gasteiger partial charge in [0.1, 0.15) is 17.2 Å². The maximum absolute atomic E-state index is 7.26. The Bertz CT molecular complexity index is 3490. The Hall–Kier alpha value is -7.57. The van der Waals surface area contributed by atoms with Gasteiger partial charge in [0.15, 0.2) is 0 Å². The van der Waals surface area contributed by atoms with Crippen molar-refractivity contribution < 1.29 is 4.74 Å². The fourth-order valence-electron chi connectivity index (χ4n) is 11.4. The predicted octanol–water partition coefficient (Wildman–Crippen LogP) is 18.7. The largest absolute Gasteiger partial charge is 0.457 e. The van der Waals surface area contributed by atoms with Crippen LogP contribution in [0.25, 0.3) is 28.1 Å². The number of nitrogens with zero attached hydrogens (tertiary/aromatic N) is 5. The van der Waals surface area contributed by atoms with Gasteiger partial charge in [-0.25, -0.2) is 4.68 Å². The van der Waals surface area contributed by atoms with Gasteiger partial charge in [-0.05, 0) is 169 Å². The number of hydrogen-bond acceptors (Lipinski definition) is 5. The van der Waals surface area contributed by atoms with E-state index in [0.717, 1.165) is 62.0 Å². The maximum atomic E-state index is 7.26. The molecule has 7 aromatic carbocycles. The Morgan fingerprint density at radius 2 is 1.07 bits per heavy atom. The SMILES string of the molecule is Cc1cccc(C)c1-c1cc(Oc2cccc(C3(c4ccccn4)c4cc(C(C)(C)C)ccc4N(c4ccc(C(C)(C)C)cc4)c4ccc(C(C)(C)C)cc43)c2)cc(-n2cc(-c3c(C(C)C)cccc3C(C)C)nn2)c1. The molecule has 1 aliphatic rings. The van der Waals surface area contributed by atoms with Gasteiger partial charge in [0.25, 0.3) is 0 Å². The second-order valence-corrected chi connectivity index (χ2v) is 24.8. The smallest absolute Gasteiger partial charge is 0.130 e. The van der Waals surface area contributed by atoms with Crippen molar-refractivity contribution >= 4 is 17.1 Å². The Labute approximate surface area is 452 Å². The zero-order valence-electron chi connectivity index (χ0n) is 47.5.